The second kappa shape index (κ2) is 6.23. The molecule has 0 fully saturated rings. The molecule has 2 aromatic rings. The maximum atomic E-state index is 11.6. The molecule has 1 aromatic heterocycles. The van der Waals surface area contributed by atoms with Gasteiger partial charge in [0.1, 0.15) is 5.82 Å². The smallest absolute Gasteiger partial charge is 0.256 e. The van der Waals surface area contributed by atoms with Gasteiger partial charge in [0.05, 0.1) is 0 Å². The number of nitrogens with two attached hydrogens (primary N) is 1. The molecule has 2 rings (SSSR count). The first-order valence-electron chi connectivity index (χ1n) is 6.11. The Labute approximate surface area is 119 Å². The number of nitrogens with zero attached hydrogens (tertiary/aromatic N) is 2. The van der Waals surface area contributed by atoms with E-state index in [4.69, 9.17) is 5.73 Å². The average molecular weight is 274 g/mol. The molecular formula is C15H22N4O. The van der Waals surface area contributed by atoms with Crippen LogP contribution in [0.4, 0.5) is 11.8 Å². The zero-order valence-corrected chi connectivity index (χ0v) is 11.4. The van der Waals surface area contributed by atoms with Gasteiger partial charge in [0.15, 0.2) is 0 Å². The number of nitrogens with one attached hydrogen (secondary N) is 1. The van der Waals surface area contributed by atoms with Gasteiger partial charge in [0.2, 0.25) is 5.95 Å². The molecule has 0 saturated carbocycles. The highest BCUT2D eigenvalue weighted by atomic mass is 16.1. The molecule has 0 amide bonds. The highest BCUT2D eigenvalue weighted by molar-refractivity contribution is 5.40. The van der Waals surface area contributed by atoms with Crippen molar-refractivity contribution in [2.75, 3.05) is 11.1 Å². The number of aryl methyl sites for hydroxylation is 2. The van der Waals surface area contributed by atoms with E-state index in [1.165, 1.54) is 21.8 Å². The summed E-state index contributed by atoms with van der Waals surface area (Å²) in [7, 11) is 1.60. The molecular weight excluding hydrogens is 252 g/mol. The van der Waals surface area contributed by atoms with Crippen molar-refractivity contribution in [2.24, 2.45) is 7.05 Å². The Balaban J connectivity index is 0.00000200. The predicted molar refractivity (Wildman–Crippen MR) is 83.9 cm³/mol. The van der Waals surface area contributed by atoms with Crippen LogP contribution in [-0.4, -0.2) is 9.55 Å². The van der Waals surface area contributed by atoms with Crippen LogP contribution in [0.3, 0.4) is 0 Å². The minimum atomic E-state index is -0.171. The number of hydrogen-bond acceptors (Lipinski definition) is 4. The topological polar surface area (TPSA) is 72.9 Å². The van der Waals surface area contributed by atoms with Crippen LogP contribution in [0.2, 0.25) is 0 Å². The summed E-state index contributed by atoms with van der Waals surface area (Å²) in [5, 5.41) is 3.11. The molecule has 5 nitrogen and oxygen atoms in total. The maximum absolute atomic E-state index is 11.6. The number of aromatic nitrogens is 2. The molecule has 3 N–H and O–H groups in total. The van der Waals surface area contributed by atoms with E-state index in [0.717, 1.165) is 5.56 Å². The van der Waals surface area contributed by atoms with E-state index in [2.05, 4.69) is 42.3 Å². The maximum Gasteiger partial charge on any atom is 0.256 e. The Bertz CT molecular complexity index is 661. The fraction of sp³-hybridized carbons (Fsp3) is 0.333. The van der Waals surface area contributed by atoms with E-state index >= 15 is 0 Å². The van der Waals surface area contributed by atoms with Crippen molar-refractivity contribution in [3.63, 3.8) is 0 Å². The van der Waals surface area contributed by atoms with Crippen molar-refractivity contribution in [2.45, 2.75) is 27.8 Å². The minimum absolute atomic E-state index is 0. The molecule has 5 heteroatoms. The molecule has 0 aliphatic carbocycles. The summed E-state index contributed by atoms with van der Waals surface area (Å²) in [6.45, 7) is 4.77. The first-order valence-corrected chi connectivity index (χ1v) is 6.11. The van der Waals surface area contributed by atoms with Gasteiger partial charge in [-0.3, -0.25) is 9.36 Å². The van der Waals surface area contributed by atoms with Gasteiger partial charge in [-0.05, 0) is 30.5 Å². The average Bonchev–Trinajstić information content (AvgIpc) is 2.37. The lowest BCUT2D eigenvalue weighted by atomic mass is 10.1. The van der Waals surface area contributed by atoms with Gasteiger partial charge < -0.3 is 11.1 Å². The van der Waals surface area contributed by atoms with Crippen molar-refractivity contribution < 1.29 is 0 Å². The molecule has 0 aliphatic heterocycles. The molecule has 0 radical (unpaired) electrons. The van der Waals surface area contributed by atoms with E-state index in [9.17, 15) is 4.79 Å². The lowest BCUT2D eigenvalue weighted by molar-refractivity contribution is 0.842. The Morgan fingerprint density at radius 1 is 1.25 bits per heavy atom. The van der Waals surface area contributed by atoms with Crippen LogP contribution in [0, 0.1) is 13.8 Å². The van der Waals surface area contributed by atoms with Crippen LogP contribution in [0.25, 0.3) is 0 Å². The largest absolute Gasteiger partial charge is 0.369 e. The van der Waals surface area contributed by atoms with Crippen LogP contribution in [-0.2, 0) is 13.6 Å². The second-order valence-corrected chi connectivity index (χ2v) is 4.67. The third-order valence-corrected chi connectivity index (χ3v) is 3.21. The Morgan fingerprint density at radius 3 is 2.55 bits per heavy atom. The zero-order valence-electron chi connectivity index (χ0n) is 11.4. The Hall–Kier alpha value is -2.30. The van der Waals surface area contributed by atoms with Gasteiger partial charge >= 0.3 is 0 Å². The van der Waals surface area contributed by atoms with E-state index in [-0.39, 0.29) is 18.9 Å². The molecule has 0 unspecified atom stereocenters. The first-order chi connectivity index (χ1) is 8.97. The molecule has 1 heterocycles. The summed E-state index contributed by atoms with van der Waals surface area (Å²) in [6, 6.07) is 7.70. The van der Waals surface area contributed by atoms with Crippen LogP contribution in [0.1, 0.15) is 24.1 Å². The van der Waals surface area contributed by atoms with Crippen molar-refractivity contribution in [1.82, 2.24) is 9.55 Å². The quantitative estimate of drug-likeness (QED) is 0.900. The van der Waals surface area contributed by atoms with Crippen LogP contribution in [0.15, 0.2) is 29.1 Å². The highest BCUT2D eigenvalue weighted by Gasteiger charge is 2.02. The fourth-order valence-electron chi connectivity index (χ4n) is 1.75. The summed E-state index contributed by atoms with van der Waals surface area (Å²) < 4.78 is 1.31. The zero-order chi connectivity index (χ0) is 14.0. The summed E-state index contributed by atoms with van der Waals surface area (Å²) in [5.74, 6) is 0.703. The number of rotatable bonds is 3. The molecule has 0 bridgehead atoms. The fourth-order valence-corrected chi connectivity index (χ4v) is 1.75. The van der Waals surface area contributed by atoms with Crippen molar-refractivity contribution in [3.05, 3.63) is 51.3 Å². The second-order valence-electron chi connectivity index (χ2n) is 4.67. The normalized spacial score (nSPS) is 9.95. The molecule has 0 aliphatic rings. The van der Waals surface area contributed by atoms with Gasteiger partial charge in [-0.15, -0.1) is 0 Å². The molecule has 0 spiro atoms. The van der Waals surface area contributed by atoms with Crippen LogP contribution < -0.4 is 16.6 Å². The summed E-state index contributed by atoms with van der Waals surface area (Å²) in [5.41, 5.74) is 9.13. The Morgan fingerprint density at radius 2 is 1.95 bits per heavy atom. The minimum Gasteiger partial charge on any atom is -0.369 e. The predicted octanol–water partition coefficient (Wildman–Crippen LogP) is 2.23. The van der Waals surface area contributed by atoms with E-state index in [1.54, 1.807) is 7.05 Å². The van der Waals surface area contributed by atoms with E-state index in [1.807, 2.05) is 0 Å². The highest BCUT2D eigenvalue weighted by Crippen LogP contribution is 2.11. The lowest BCUT2D eigenvalue weighted by Crippen LogP contribution is -2.21. The first kappa shape index (κ1) is 15.8. The molecule has 20 heavy (non-hydrogen) atoms. The van der Waals surface area contributed by atoms with E-state index < -0.39 is 0 Å². The standard InChI is InChI=1S/C14H18N4O.CH4/c1-9-4-5-11(6-10(9)2)8-16-12-7-13(19)18(3)14(15)17-12;/h4-7,16H,8H2,1-3H3,(H2,15,17);1H4. The van der Waals surface area contributed by atoms with Crippen molar-refractivity contribution >= 4 is 11.8 Å². The SMILES string of the molecule is C.Cc1ccc(CNc2cc(=O)n(C)c(N)n2)cc1C. The monoisotopic (exact) mass is 274 g/mol. The van der Waals surface area contributed by atoms with Gasteiger partial charge in [0, 0.05) is 19.7 Å². The third-order valence-electron chi connectivity index (χ3n) is 3.21. The number of nitrogen functional groups attached to an aromatic ring is 1. The van der Waals surface area contributed by atoms with Crippen molar-refractivity contribution in [1.29, 1.82) is 0 Å². The lowest BCUT2D eigenvalue weighted by Gasteiger charge is -2.09. The molecule has 108 valence electrons. The van der Waals surface area contributed by atoms with Gasteiger partial charge in [-0.25, -0.2) is 0 Å². The third kappa shape index (κ3) is 3.38. The van der Waals surface area contributed by atoms with Crippen molar-refractivity contribution in [3.8, 4) is 0 Å². The number of hydrogen-bond donors (Lipinski definition) is 2. The molecule has 0 saturated heterocycles. The molecule has 1 aromatic carbocycles. The van der Waals surface area contributed by atoms with Crippen LogP contribution >= 0.6 is 0 Å². The summed E-state index contributed by atoms with van der Waals surface area (Å²) in [6.07, 6.45) is 0. The summed E-state index contributed by atoms with van der Waals surface area (Å²) >= 11 is 0. The van der Waals surface area contributed by atoms with Gasteiger partial charge in [-0.1, -0.05) is 25.6 Å². The molecule has 0 atom stereocenters. The summed E-state index contributed by atoms with van der Waals surface area (Å²) in [4.78, 5) is 15.7. The van der Waals surface area contributed by atoms with Gasteiger partial charge in [-0.2, -0.15) is 4.98 Å². The Kier molecular flexibility index (Phi) is 4.91. The van der Waals surface area contributed by atoms with Crippen LogP contribution in [0.5, 0.6) is 0 Å². The number of anilines is 2. The van der Waals surface area contributed by atoms with E-state index in [0.29, 0.717) is 12.4 Å². The van der Waals surface area contributed by atoms with Gasteiger partial charge in [0.25, 0.3) is 5.56 Å². The number of benzene rings is 1.